The summed E-state index contributed by atoms with van der Waals surface area (Å²) >= 11 is 0. The first kappa shape index (κ1) is 11.7. The average molecular weight is 239 g/mol. The molecule has 0 aliphatic heterocycles. The zero-order valence-electron chi connectivity index (χ0n) is 9.32. The number of hydrogen-bond acceptors (Lipinski definition) is 5. The van der Waals surface area contributed by atoms with Crippen LogP contribution in [0.4, 0.5) is 0 Å². The number of carbonyl (C=O) groups excluding carboxylic acids is 1. The van der Waals surface area contributed by atoms with Crippen molar-refractivity contribution in [3.63, 3.8) is 0 Å². The summed E-state index contributed by atoms with van der Waals surface area (Å²) in [7, 11) is 0. The van der Waals surface area contributed by atoms with Gasteiger partial charge in [-0.1, -0.05) is 6.07 Å². The van der Waals surface area contributed by atoms with Gasteiger partial charge in [0.25, 0.3) is 5.91 Å². The van der Waals surface area contributed by atoms with Gasteiger partial charge in [-0.25, -0.2) is 9.97 Å². The lowest BCUT2D eigenvalue weighted by molar-refractivity contribution is 0.0990. The molecule has 0 radical (unpaired) electrons. The minimum atomic E-state index is -0.698. The normalized spacial score (nSPS) is 11.5. The van der Waals surface area contributed by atoms with E-state index in [1.165, 1.54) is 12.4 Å². The molecule has 0 saturated carbocycles. The number of nitrogens with two attached hydrogens (primary N) is 1. The molecule has 1 amide bonds. The van der Waals surface area contributed by atoms with E-state index in [1.807, 2.05) is 0 Å². The van der Waals surface area contributed by atoms with E-state index in [4.69, 9.17) is 5.73 Å². The molecule has 2 N–H and O–H groups in total. The van der Waals surface area contributed by atoms with Crippen LogP contribution in [0.2, 0.25) is 0 Å². The zero-order chi connectivity index (χ0) is 13.0. The van der Waals surface area contributed by atoms with Crippen LogP contribution in [0.25, 0.3) is 0 Å². The topological polar surface area (TPSA) is 106 Å². The molecule has 2 rings (SSSR count). The molecule has 0 saturated heterocycles. The number of carbonyl (C=O) groups is 1. The molecule has 0 spiro atoms. The Balaban J connectivity index is 2.35. The molecule has 2 aromatic heterocycles. The summed E-state index contributed by atoms with van der Waals surface area (Å²) in [5.74, 6) is -1.28. The molecular weight excluding hydrogens is 230 g/mol. The maximum atomic E-state index is 10.8. The second-order valence-corrected chi connectivity index (χ2v) is 3.55. The molecule has 2 heterocycles. The highest BCUT2D eigenvalue weighted by molar-refractivity contribution is 5.88. The molecule has 6 nitrogen and oxygen atoms in total. The van der Waals surface area contributed by atoms with Gasteiger partial charge in [0, 0.05) is 30.4 Å². The molecule has 1 unspecified atom stereocenters. The van der Waals surface area contributed by atoms with Crippen molar-refractivity contribution in [2.75, 3.05) is 0 Å². The standard InChI is InChI=1S/C12H9N5O/c13-4-10(8-2-1-3-15-5-8)9-6-16-12(11(14)18)17-7-9/h1-3,5-7,10H,(H2,14,18). The third-order valence-corrected chi connectivity index (χ3v) is 2.37. The average Bonchev–Trinajstić information content (AvgIpc) is 2.41. The van der Waals surface area contributed by atoms with E-state index in [2.05, 4.69) is 21.0 Å². The summed E-state index contributed by atoms with van der Waals surface area (Å²) in [6.45, 7) is 0. The minimum Gasteiger partial charge on any atom is -0.363 e. The van der Waals surface area contributed by atoms with Crippen LogP contribution >= 0.6 is 0 Å². The van der Waals surface area contributed by atoms with Gasteiger partial charge in [-0.15, -0.1) is 0 Å². The van der Waals surface area contributed by atoms with Crippen LogP contribution < -0.4 is 5.73 Å². The lowest BCUT2D eigenvalue weighted by Gasteiger charge is -2.08. The van der Waals surface area contributed by atoms with E-state index in [0.29, 0.717) is 5.56 Å². The van der Waals surface area contributed by atoms with Gasteiger partial charge in [-0.3, -0.25) is 9.78 Å². The summed E-state index contributed by atoms with van der Waals surface area (Å²) in [4.78, 5) is 22.4. The van der Waals surface area contributed by atoms with Crippen LogP contribution in [-0.2, 0) is 0 Å². The van der Waals surface area contributed by atoms with Gasteiger partial charge >= 0.3 is 0 Å². The quantitative estimate of drug-likeness (QED) is 0.845. The largest absolute Gasteiger partial charge is 0.363 e. The van der Waals surface area contributed by atoms with Crippen LogP contribution in [-0.4, -0.2) is 20.9 Å². The molecule has 1 atom stereocenters. The molecular formula is C12H9N5O. The number of hydrogen-bond donors (Lipinski definition) is 1. The Labute approximate surface area is 103 Å². The fourth-order valence-electron chi connectivity index (χ4n) is 1.50. The van der Waals surface area contributed by atoms with Gasteiger partial charge in [-0.05, 0) is 11.6 Å². The summed E-state index contributed by atoms with van der Waals surface area (Å²) in [5.41, 5.74) is 6.38. The van der Waals surface area contributed by atoms with Gasteiger partial charge < -0.3 is 5.73 Å². The number of rotatable bonds is 3. The van der Waals surface area contributed by atoms with E-state index in [-0.39, 0.29) is 5.82 Å². The highest BCUT2D eigenvalue weighted by Crippen LogP contribution is 2.21. The summed E-state index contributed by atoms with van der Waals surface area (Å²) in [6, 6.07) is 5.69. The van der Waals surface area contributed by atoms with Crippen LogP contribution in [0.1, 0.15) is 27.7 Å². The first-order valence-corrected chi connectivity index (χ1v) is 5.13. The SMILES string of the molecule is N#CC(c1cccnc1)c1cnc(C(N)=O)nc1. The number of nitriles is 1. The Morgan fingerprint density at radius 1 is 1.28 bits per heavy atom. The number of nitrogens with zero attached hydrogens (tertiary/aromatic N) is 4. The van der Waals surface area contributed by atoms with Gasteiger partial charge in [0.1, 0.15) is 5.92 Å². The predicted octanol–water partition coefficient (Wildman–Crippen LogP) is 0.626. The van der Waals surface area contributed by atoms with Crippen molar-refractivity contribution in [3.05, 3.63) is 53.9 Å². The van der Waals surface area contributed by atoms with Crippen molar-refractivity contribution in [2.45, 2.75) is 5.92 Å². The van der Waals surface area contributed by atoms with Crippen molar-refractivity contribution in [1.82, 2.24) is 15.0 Å². The van der Waals surface area contributed by atoms with Gasteiger partial charge in [0.15, 0.2) is 0 Å². The smallest absolute Gasteiger partial charge is 0.286 e. The molecule has 0 aliphatic rings. The second-order valence-electron chi connectivity index (χ2n) is 3.55. The van der Waals surface area contributed by atoms with Crippen LogP contribution in [0.5, 0.6) is 0 Å². The third kappa shape index (κ3) is 2.30. The molecule has 88 valence electrons. The number of pyridine rings is 1. The molecule has 0 aliphatic carbocycles. The Morgan fingerprint density at radius 3 is 2.50 bits per heavy atom. The fraction of sp³-hybridized carbons (Fsp3) is 0.0833. The Hall–Kier alpha value is -2.81. The number of aromatic nitrogens is 3. The highest BCUT2D eigenvalue weighted by Gasteiger charge is 2.15. The Kier molecular flexibility index (Phi) is 3.25. The van der Waals surface area contributed by atoms with E-state index < -0.39 is 11.8 Å². The zero-order valence-corrected chi connectivity index (χ0v) is 9.32. The molecule has 6 heteroatoms. The molecule has 0 bridgehead atoms. The fourth-order valence-corrected chi connectivity index (χ4v) is 1.50. The van der Waals surface area contributed by atoms with Gasteiger partial charge in [-0.2, -0.15) is 5.26 Å². The Morgan fingerprint density at radius 2 is 2.00 bits per heavy atom. The summed E-state index contributed by atoms with van der Waals surface area (Å²) in [5, 5.41) is 9.19. The van der Waals surface area contributed by atoms with Gasteiger partial charge in [0.2, 0.25) is 5.82 Å². The molecule has 2 aromatic rings. The van der Waals surface area contributed by atoms with Crippen molar-refractivity contribution in [1.29, 1.82) is 5.26 Å². The number of primary amides is 1. The minimum absolute atomic E-state index is 0.0679. The van der Waals surface area contributed by atoms with Crippen LogP contribution in [0, 0.1) is 11.3 Å². The van der Waals surface area contributed by atoms with Crippen molar-refractivity contribution in [2.24, 2.45) is 5.73 Å². The lowest BCUT2D eigenvalue weighted by Crippen LogP contribution is -2.15. The second kappa shape index (κ2) is 5.01. The van der Waals surface area contributed by atoms with Crippen molar-refractivity contribution < 1.29 is 4.79 Å². The van der Waals surface area contributed by atoms with E-state index in [9.17, 15) is 10.1 Å². The predicted molar refractivity (Wildman–Crippen MR) is 62.2 cm³/mol. The Bertz CT molecular complexity index is 588. The lowest BCUT2D eigenvalue weighted by atomic mass is 9.96. The first-order valence-electron chi connectivity index (χ1n) is 5.13. The molecule has 18 heavy (non-hydrogen) atoms. The van der Waals surface area contributed by atoms with Crippen LogP contribution in [0.15, 0.2) is 36.9 Å². The van der Waals surface area contributed by atoms with Gasteiger partial charge in [0.05, 0.1) is 6.07 Å². The maximum Gasteiger partial charge on any atom is 0.286 e. The van der Waals surface area contributed by atoms with E-state index >= 15 is 0 Å². The number of amides is 1. The maximum absolute atomic E-state index is 10.8. The summed E-state index contributed by atoms with van der Waals surface area (Å²) < 4.78 is 0. The van der Waals surface area contributed by atoms with E-state index in [1.54, 1.807) is 24.5 Å². The van der Waals surface area contributed by atoms with E-state index in [0.717, 1.165) is 5.56 Å². The molecule has 0 aromatic carbocycles. The van der Waals surface area contributed by atoms with Crippen molar-refractivity contribution >= 4 is 5.91 Å². The van der Waals surface area contributed by atoms with Crippen LogP contribution in [0.3, 0.4) is 0 Å². The highest BCUT2D eigenvalue weighted by atomic mass is 16.1. The molecule has 0 fully saturated rings. The first-order chi connectivity index (χ1) is 8.72. The third-order valence-electron chi connectivity index (χ3n) is 2.37. The van der Waals surface area contributed by atoms with Crippen molar-refractivity contribution in [3.8, 4) is 6.07 Å². The summed E-state index contributed by atoms with van der Waals surface area (Å²) in [6.07, 6.45) is 6.09. The monoisotopic (exact) mass is 239 g/mol.